The summed E-state index contributed by atoms with van der Waals surface area (Å²) in [5.74, 6) is -2.20. The summed E-state index contributed by atoms with van der Waals surface area (Å²) in [7, 11) is -3.89. The SMILES string of the molecule is CCOC(=O)c1c(C)[nH]c(C)c1C(=O)COC(=O)CNS(=O)(=O)/C=C/c1ccc(C)cc1. The van der Waals surface area contributed by atoms with Crippen molar-refractivity contribution in [2.75, 3.05) is 19.8 Å². The molecule has 172 valence electrons. The standard InChI is InChI=1S/C22H26N2O7S/c1-5-30-22(27)21-16(4)24-15(3)20(21)18(25)13-31-19(26)12-23-32(28,29)11-10-17-8-6-14(2)7-9-17/h6-11,23-24H,5,12-13H2,1-4H3/b11-10+. The second-order valence-electron chi connectivity index (χ2n) is 7.01. The number of ether oxygens (including phenoxy) is 2. The summed E-state index contributed by atoms with van der Waals surface area (Å²) in [4.78, 5) is 39.5. The topological polar surface area (TPSA) is 132 Å². The zero-order valence-electron chi connectivity index (χ0n) is 18.4. The Bertz CT molecular complexity index is 1130. The number of carbonyl (C=O) groups is 3. The summed E-state index contributed by atoms with van der Waals surface area (Å²) in [5.41, 5.74) is 2.79. The van der Waals surface area contributed by atoms with Crippen LogP contribution in [0.5, 0.6) is 0 Å². The van der Waals surface area contributed by atoms with Crippen molar-refractivity contribution in [2.24, 2.45) is 0 Å². The number of benzene rings is 1. The van der Waals surface area contributed by atoms with Crippen LogP contribution in [0.25, 0.3) is 6.08 Å². The molecule has 0 unspecified atom stereocenters. The number of aromatic amines is 1. The van der Waals surface area contributed by atoms with E-state index in [9.17, 15) is 22.8 Å². The number of nitrogens with one attached hydrogen (secondary N) is 2. The van der Waals surface area contributed by atoms with Crippen molar-refractivity contribution in [2.45, 2.75) is 27.7 Å². The van der Waals surface area contributed by atoms with Gasteiger partial charge in [-0.3, -0.25) is 9.59 Å². The number of sulfonamides is 1. The quantitative estimate of drug-likeness (QED) is 0.409. The van der Waals surface area contributed by atoms with Crippen molar-refractivity contribution in [1.82, 2.24) is 9.71 Å². The number of rotatable bonds is 10. The number of hydrogen-bond acceptors (Lipinski definition) is 7. The van der Waals surface area contributed by atoms with E-state index in [1.807, 2.05) is 19.1 Å². The van der Waals surface area contributed by atoms with Crippen molar-refractivity contribution in [3.8, 4) is 0 Å². The maximum atomic E-state index is 12.5. The lowest BCUT2D eigenvalue weighted by atomic mass is 10.1. The number of carbonyl (C=O) groups excluding carboxylic acids is 3. The molecule has 10 heteroatoms. The highest BCUT2D eigenvalue weighted by Gasteiger charge is 2.26. The van der Waals surface area contributed by atoms with Gasteiger partial charge in [-0.15, -0.1) is 0 Å². The molecule has 0 saturated heterocycles. The molecule has 2 aromatic rings. The van der Waals surface area contributed by atoms with Gasteiger partial charge >= 0.3 is 11.9 Å². The van der Waals surface area contributed by atoms with Crippen LogP contribution in [-0.4, -0.2) is 50.9 Å². The number of aryl methyl sites for hydroxylation is 3. The van der Waals surface area contributed by atoms with E-state index >= 15 is 0 Å². The van der Waals surface area contributed by atoms with Crippen molar-refractivity contribution in [1.29, 1.82) is 0 Å². The lowest BCUT2D eigenvalue weighted by molar-refractivity contribution is -0.141. The zero-order valence-corrected chi connectivity index (χ0v) is 19.2. The molecule has 0 saturated carbocycles. The average Bonchev–Trinajstić information content (AvgIpc) is 3.04. The molecule has 1 heterocycles. The van der Waals surface area contributed by atoms with E-state index in [0.717, 1.165) is 11.0 Å². The lowest BCUT2D eigenvalue weighted by Crippen LogP contribution is -2.30. The third-order valence-electron chi connectivity index (χ3n) is 4.43. The van der Waals surface area contributed by atoms with Crippen LogP contribution in [0.2, 0.25) is 0 Å². The molecule has 2 N–H and O–H groups in total. The van der Waals surface area contributed by atoms with Gasteiger partial charge in [0, 0.05) is 16.8 Å². The van der Waals surface area contributed by atoms with E-state index in [-0.39, 0.29) is 17.7 Å². The first kappa shape index (κ1) is 25.0. The van der Waals surface area contributed by atoms with Gasteiger partial charge in [0.15, 0.2) is 6.61 Å². The number of hydrogen-bond donors (Lipinski definition) is 2. The van der Waals surface area contributed by atoms with E-state index in [1.165, 1.54) is 6.08 Å². The molecule has 1 aromatic heterocycles. The van der Waals surface area contributed by atoms with Crippen molar-refractivity contribution in [3.05, 3.63) is 63.3 Å². The largest absolute Gasteiger partial charge is 0.462 e. The third kappa shape index (κ3) is 6.89. The highest BCUT2D eigenvalue weighted by atomic mass is 32.2. The second-order valence-corrected chi connectivity index (χ2v) is 8.66. The molecule has 1 aromatic carbocycles. The summed E-state index contributed by atoms with van der Waals surface area (Å²) >= 11 is 0. The van der Waals surface area contributed by atoms with Crippen LogP contribution in [0.4, 0.5) is 0 Å². The fraction of sp³-hybridized carbons (Fsp3) is 0.318. The van der Waals surface area contributed by atoms with Gasteiger partial charge in [-0.05, 0) is 39.3 Å². The van der Waals surface area contributed by atoms with Crippen LogP contribution >= 0.6 is 0 Å². The van der Waals surface area contributed by atoms with E-state index in [0.29, 0.717) is 17.0 Å². The van der Waals surface area contributed by atoms with Gasteiger partial charge in [0.25, 0.3) is 0 Å². The number of Topliss-reactive ketones (excluding diaryl/α,β-unsaturated/α-hetero) is 1. The molecule has 2 rings (SSSR count). The summed E-state index contributed by atoms with van der Waals surface area (Å²) in [6.45, 7) is 5.64. The first-order chi connectivity index (χ1) is 15.0. The monoisotopic (exact) mass is 462 g/mol. The van der Waals surface area contributed by atoms with Crippen LogP contribution < -0.4 is 4.72 Å². The normalized spacial score (nSPS) is 11.5. The maximum absolute atomic E-state index is 12.5. The minimum absolute atomic E-state index is 0.0790. The Balaban J connectivity index is 1.94. The van der Waals surface area contributed by atoms with Gasteiger partial charge in [-0.2, -0.15) is 0 Å². The predicted molar refractivity (Wildman–Crippen MR) is 119 cm³/mol. The molecule has 32 heavy (non-hydrogen) atoms. The smallest absolute Gasteiger partial charge is 0.340 e. The van der Waals surface area contributed by atoms with E-state index in [4.69, 9.17) is 9.47 Å². The van der Waals surface area contributed by atoms with Crippen molar-refractivity contribution < 1.29 is 32.3 Å². The second kappa shape index (κ2) is 10.9. The van der Waals surface area contributed by atoms with Crippen molar-refractivity contribution in [3.63, 3.8) is 0 Å². The minimum atomic E-state index is -3.89. The summed E-state index contributed by atoms with van der Waals surface area (Å²) < 4.78 is 36.0. The van der Waals surface area contributed by atoms with Gasteiger partial charge in [-0.1, -0.05) is 29.8 Å². The molecule has 0 radical (unpaired) electrons. The zero-order chi connectivity index (χ0) is 23.9. The highest BCUT2D eigenvalue weighted by molar-refractivity contribution is 7.92. The Morgan fingerprint density at radius 3 is 2.25 bits per heavy atom. The minimum Gasteiger partial charge on any atom is -0.462 e. The highest BCUT2D eigenvalue weighted by Crippen LogP contribution is 2.20. The Morgan fingerprint density at radius 2 is 1.62 bits per heavy atom. The third-order valence-corrected chi connectivity index (χ3v) is 5.47. The Hall–Kier alpha value is -3.24. The van der Waals surface area contributed by atoms with E-state index < -0.39 is 40.9 Å². The fourth-order valence-corrected chi connectivity index (χ4v) is 3.66. The van der Waals surface area contributed by atoms with Crippen molar-refractivity contribution >= 4 is 33.8 Å². The average molecular weight is 463 g/mol. The molecular weight excluding hydrogens is 436 g/mol. The van der Waals surface area contributed by atoms with Gasteiger partial charge in [-0.25, -0.2) is 17.9 Å². The van der Waals surface area contributed by atoms with Crippen LogP contribution in [0.15, 0.2) is 29.7 Å². The van der Waals surface area contributed by atoms with Gasteiger partial charge in [0.05, 0.1) is 17.7 Å². The number of aromatic nitrogens is 1. The molecule has 0 aliphatic rings. The first-order valence-electron chi connectivity index (χ1n) is 9.83. The predicted octanol–water partition coefficient (Wildman–Crippen LogP) is 2.43. The number of esters is 2. The van der Waals surface area contributed by atoms with E-state index in [2.05, 4.69) is 9.71 Å². The summed E-state index contributed by atoms with van der Waals surface area (Å²) in [6.07, 6.45) is 1.39. The molecular formula is C22H26N2O7S. The van der Waals surface area contributed by atoms with E-state index in [1.54, 1.807) is 32.9 Å². The Kier molecular flexibility index (Phi) is 8.50. The maximum Gasteiger partial charge on any atom is 0.340 e. The van der Waals surface area contributed by atoms with Crippen LogP contribution in [0, 0.1) is 20.8 Å². The molecule has 9 nitrogen and oxygen atoms in total. The van der Waals surface area contributed by atoms with Gasteiger partial charge in [0.1, 0.15) is 6.54 Å². The first-order valence-corrected chi connectivity index (χ1v) is 11.4. The molecule has 0 fully saturated rings. The van der Waals surface area contributed by atoms with Crippen LogP contribution in [0.1, 0.15) is 50.2 Å². The molecule has 0 spiro atoms. The Morgan fingerprint density at radius 1 is 1.00 bits per heavy atom. The van der Waals surface area contributed by atoms with Gasteiger partial charge in [0.2, 0.25) is 15.8 Å². The fourth-order valence-electron chi connectivity index (χ4n) is 2.91. The van der Waals surface area contributed by atoms with Crippen LogP contribution in [0.3, 0.4) is 0 Å². The summed E-state index contributed by atoms with van der Waals surface area (Å²) in [5, 5.41) is 0.938. The molecule has 0 atom stereocenters. The molecule has 0 aliphatic heterocycles. The molecule has 0 aliphatic carbocycles. The number of ketones is 1. The number of H-pyrrole nitrogens is 1. The molecule has 0 amide bonds. The summed E-state index contributed by atoms with van der Waals surface area (Å²) in [6, 6.07) is 7.21. The van der Waals surface area contributed by atoms with Crippen LogP contribution in [-0.2, 0) is 24.3 Å². The van der Waals surface area contributed by atoms with Gasteiger partial charge < -0.3 is 14.5 Å². The Labute approximate surface area is 186 Å². The lowest BCUT2D eigenvalue weighted by Gasteiger charge is -2.07. The molecule has 0 bridgehead atoms.